The summed E-state index contributed by atoms with van der Waals surface area (Å²) in [5.74, 6) is 1.25. The third-order valence-electron chi connectivity index (χ3n) is 3.88. The number of benzene rings is 1. The van der Waals surface area contributed by atoms with Gasteiger partial charge in [-0.25, -0.2) is 0 Å². The standard InChI is InChI=1S/C16H21N3OS.ClH/c20-15(19-9-3-4-10-19)8-5-11-21-16-17-12-13-6-1-2-7-14(13)18-16;/h1-2,6-7H,3-5,8-12H2,(H,17,18);1H. The molecule has 1 aromatic carbocycles. The maximum Gasteiger partial charge on any atom is 0.222 e. The normalized spacial score (nSPS) is 16.4. The smallest absolute Gasteiger partial charge is 0.222 e. The van der Waals surface area contributed by atoms with Crippen molar-refractivity contribution in [2.75, 3.05) is 24.2 Å². The molecule has 1 saturated heterocycles. The van der Waals surface area contributed by atoms with Gasteiger partial charge in [-0.3, -0.25) is 9.79 Å². The molecule has 0 radical (unpaired) electrons. The molecule has 1 aromatic rings. The van der Waals surface area contributed by atoms with Crippen molar-refractivity contribution >= 4 is 40.9 Å². The lowest BCUT2D eigenvalue weighted by molar-refractivity contribution is -0.130. The summed E-state index contributed by atoms with van der Waals surface area (Å²) >= 11 is 1.71. The van der Waals surface area contributed by atoms with Crippen LogP contribution >= 0.6 is 24.2 Å². The number of hydrogen-bond donors (Lipinski definition) is 1. The van der Waals surface area contributed by atoms with Gasteiger partial charge in [0.1, 0.15) is 0 Å². The van der Waals surface area contributed by atoms with Crippen molar-refractivity contribution < 1.29 is 4.79 Å². The average Bonchev–Trinajstić information content (AvgIpc) is 3.06. The molecule has 0 saturated carbocycles. The second kappa shape index (κ2) is 8.44. The molecule has 2 aliphatic rings. The van der Waals surface area contributed by atoms with E-state index in [-0.39, 0.29) is 12.4 Å². The number of aliphatic imine (C=N–C) groups is 1. The number of hydrogen-bond acceptors (Lipinski definition) is 4. The van der Waals surface area contributed by atoms with Crippen LogP contribution in [0.3, 0.4) is 0 Å². The maximum atomic E-state index is 11.9. The van der Waals surface area contributed by atoms with Crippen LogP contribution in [0.1, 0.15) is 31.2 Å². The lowest BCUT2D eigenvalue weighted by Crippen LogP contribution is -2.27. The SMILES string of the molecule is Cl.O=C(CCCSC1=NCc2ccccc2N1)N1CCCC1. The van der Waals surface area contributed by atoms with Crippen LogP contribution in [0, 0.1) is 0 Å². The number of fused-ring (bicyclic) bond motifs is 1. The number of likely N-dealkylation sites (tertiary alicyclic amines) is 1. The molecule has 0 aliphatic carbocycles. The second-order valence-electron chi connectivity index (χ2n) is 5.44. The molecule has 120 valence electrons. The molecule has 4 nitrogen and oxygen atoms in total. The zero-order valence-corrected chi connectivity index (χ0v) is 14.2. The number of rotatable bonds is 4. The third kappa shape index (κ3) is 4.40. The monoisotopic (exact) mass is 339 g/mol. The van der Waals surface area contributed by atoms with Crippen molar-refractivity contribution in [2.24, 2.45) is 4.99 Å². The van der Waals surface area contributed by atoms with Gasteiger partial charge in [-0.1, -0.05) is 30.0 Å². The van der Waals surface area contributed by atoms with E-state index in [1.807, 2.05) is 17.0 Å². The lowest BCUT2D eigenvalue weighted by atomic mass is 10.1. The highest BCUT2D eigenvalue weighted by Crippen LogP contribution is 2.23. The molecular formula is C16H22ClN3OS. The van der Waals surface area contributed by atoms with Crippen LogP contribution in [0.2, 0.25) is 0 Å². The first-order chi connectivity index (χ1) is 10.3. The Hall–Kier alpha value is -1.20. The van der Waals surface area contributed by atoms with Crippen LogP contribution in [-0.2, 0) is 11.3 Å². The number of nitrogens with one attached hydrogen (secondary N) is 1. The fourth-order valence-corrected chi connectivity index (χ4v) is 3.51. The summed E-state index contributed by atoms with van der Waals surface area (Å²) in [4.78, 5) is 18.5. The number of carbonyl (C=O) groups is 1. The first-order valence-corrected chi connectivity index (χ1v) is 8.61. The number of para-hydroxylation sites is 1. The number of anilines is 1. The van der Waals surface area contributed by atoms with E-state index in [0.29, 0.717) is 12.3 Å². The van der Waals surface area contributed by atoms with Gasteiger partial charge in [0, 0.05) is 31.0 Å². The van der Waals surface area contributed by atoms with Crippen molar-refractivity contribution in [3.05, 3.63) is 29.8 Å². The summed E-state index contributed by atoms with van der Waals surface area (Å²) in [7, 11) is 0. The molecule has 0 bridgehead atoms. The molecule has 3 rings (SSSR count). The topological polar surface area (TPSA) is 44.7 Å². The summed E-state index contributed by atoms with van der Waals surface area (Å²) < 4.78 is 0. The number of halogens is 1. The van der Waals surface area contributed by atoms with Crippen LogP contribution in [0.25, 0.3) is 0 Å². The molecule has 2 aliphatic heterocycles. The van der Waals surface area contributed by atoms with Gasteiger partial charge in [0.05, 0.1) is 6.54 Å². The number of amidine groups is 1. The van der Waals surface area contributed by atoms with Crippen molar-refractivity contribution in [2.45, 2.75) is 32.2 Å². The number of nitrogens with zero attached hydrogens (tertiary/aromatic N) is 2. The van der Waals surface area contributed by atoms with E-state index in [0.717, 1.165) is 42.7 Å². The summed E-state index contributed by atoms with van der Waals surface area (Å²) in [5.41, 5.74) is 2.40. The van der Waals surface area contributed by atoms with E-state index in [4.69, 9.17) is 0 Å². The van der Waals surface area contributed by atoms with Crippen molar-refractivity contribution in [3.63, 3.8) is 0 Å². The molecule has 0 spiro atoms. The van der Waals surface area contributed by atoms with E-state index >= 15 is 0 Å². The van der Waals surface area contributed by atoms with Gasteiger partial charge in [-0.15, -0.1) is 12.4 Å². The van der Waals surface area contributed by atoms with E-state index in [9.17, 15) is 4.79 Å². The number of carbonyl (C=O) groups excluding carboxylic acids is 1. The molecular weight excluding hydrogens is 318 g/mol. The molecule has 22 heavy (non-hydrogen) atoms. The van der Waals surface area contributed by atoms with Crippen LogP contribution in [0.15, 0.2) is 29.3 Å². The number of amides is 1. The minimum Gasteiger partial charge on any atom is -0.343 e. The summed E-state index contributed by atoms with van der Waals surface area (Å²) in [6, 6.07) is 8.26. The van der Waals surface area contributed by atoms with E-state index in [1.54, 1.807) is 11.8 Å². The second-order valence-corrected chi connectivity index (χ2v) is 6.53. The van der Waals surface area contributed by atoms with Gasteiger partial charge in [-0.05, 0) is 30.9 Å². The van der Waals surface area contributed by atoms with Crippen LogP contribution < -0.4 is 5.32 Å². The van der Waals surface area contributed by atoms with Crippen LogP contribution in [0.4, 0.5) is 5.69 Å². The van der Waals surface area contributed by atoms with Gasteiger partial charge in [0.2, 0.25) is 5.91 Å². The van der Waals surface area contributed by atoms with Gasteiger partial charge in [0.15, 0.2) is 5.17 Å². The largest absolute Gasteiger partial charge is 0.343 e. The Morgan fingerprint density at radius 2 is 2.05 bits per heavy atom. The van der Waals surface area contributed by atoms with E-state index in [2.05, 4.69) is 22.4 Å². The Labute approximate surface area is 142 Å². The highest BCUT2D eigenvalue weighted by Gasteiger charge is 2.17. The zero-order chi connectivity index (χ0) is 14.5. The first-order valence-electron chi connectivity index (χ1n) is 7.63. The van der Waals surface area contributed by atoms with Crippen LogP contribution in [-0.4, -0.2) is 34.8 Å². The third-order valence-corrected chi connectivity index (χ3v) is 4.88. The fourth-order valence-electron chi connectivity index (χ4n) is 2.69. The average molecular weight is 340 g/mol. The number of thioether (sulfide) groups is 1. The Kier molecular flexibility index (Phi) is 6.58. The molecule has 0 unspecified atom stereocenters. The summed E-state index contributed by atoms with van der Waals surface area (Å²) in [6.45, 7) is 2.66. The fraction of sp³-hybridized carbons (Fsp3) is 0.500. The summed E-state index contributed by atoms with van der Waals surface area (Å²) in [6.07, 6.45) is 3.92. The lowest BCUT2D eigenvalue weighted by Gasteiger charge is -2.18. The predicted octanol–water partition coefficient (Wildman–Crippen LogP) is 3.53. The Morgan fingerprint density at radius 3 is 2.86 bits per heavy atom. The highest BCUT2D eigenvalue weighted by molar-refractivity contribution is 8.14. The summed E-state index contributed by atoms with van der Waals surface area (Å²) in [5, 5.41) is 4.33. The van der Waals surface area contributed by atoms with Gasteiger partial charge in [-0.2, -0.15) is 0 Å². The molecule has 2 heterocycles. The van der Waals surface area contributed by atoms with Crippen molar-refractivity contribution in [1.29, 1.82) is 0 Å². The Bertz CT molecular complexity index is 544. The van der Waals surface area contributed by atoms with Crippen molar-refractivity contribution in [1.82, 2.24) is 4.90 Å². The quantitative estimate of drug-likeness (QED) is 0.853. The molecule has 1 amide bonds. The highest BCUT2D eigenvalue weighted by atomic mass is 35.5. The van der Waals surface area contributed by atoms with Gasteiger partial charge < -0.3 is 10.2 Å². The minimum atomic E-state index is 0. The predicted molar refractivity (Wildman–Crippen MR) is 96.0 cm³/mol. The Morgan fingerprint density at radius 1 is 1.27 bits per heavy atom. The van der Waals surface area contributed by atoms with Gasteiger partial charge in [0.25, 0.3) is 0 Å². The molecule has 0 aromatic heterocycles. The van der Waals surface area contributed by atoms with E-state index in [1.165, 1.54) is 18.4 Å². The first kappa shape index (κ1) is 17.2. The molecule has 0 atom stereocenters. The molecule has 1 fully saturated rings. The van der Waals surface area contributed by atoms with Gasteiger partial charge >= 0.3 is 0 Å². The van der Waals surface area contributed by atoms with E-state index < -0.39 is 0 Å². The Balaban J connectivity index is 0.00000176. The molecule has 1 N–H and O–H groups in total. The maximum absolute atomic E-state index is 11.9. The van der Waals surface area contributed by atoms with Crippen molar-refractivity contribution in [3.8, 4) is 0 Å². The zero-order valence-electron chi connectivity index (χ0n) is 12.6. The molecule has 6 heteroatoms. The van der Waals surface area contributed by atoms with Crippen LogP contribution in [0.5, 0.6) is 0 Å². The minimum absolute atomic E-state index is 0.